The summed E-state index contributed by atoms with van der Waals surface area (Å²) in [6, 6.07) is 10.2. The highest BCUT2D eigenvalue weighted by molar-refractivity contribution is 6.32. The molecule has 0 radical (unpaired) electrons. The number of hydrogen-bond donors (Lipinski definition) is 2. The largest absolute Gasteiger partial charge is 0.503 e. The lowest BCUT2D eigenvalue weighted by Crippen LogP contribution is -2.14. The van der Waals surface area contributed by atoms with Crippen molar-refractivity contribution in [1.29, 1.82) is 5.26 Å². The molecule has 25 heavy (non-hydrogen) atoms. The van der Waals surface area contributed by atoms with Gasteiger partial charge in [0.1, 0.15) is 17.5 Å². The molecular weight excluding hydrogens is 347 g/mol. The minimum atomic E-state index is -0.769. The predicted octanol–water partition coefficient (Wildman–Crippen LogP) is 4.13. The molecule has 0 aliphatic heterocycles. The van der Waals surface area contributed by atoms with E-state index in [9.17, 15) is 19.6 Å². The molecule has 2 N–H and O–H groups in total. The highest BCUT2D eigenvalue weighted by Gasteiger charge is 2.14. The first-order chi connectivity index (χ1) is 12.0. The second-order valence-electron chi connectivity index (χ2n) is 4.89. The lowest BCUT2D eigenvalue weighted by Gasteiger charge is -2.09. The molecule has 2 rings (SSSR count). The van der Waals surface area contributed by atoms with Crippen molar-refractivity contribution < 1.29 is 19.0 Å². The average Bonchev–Trinajstić information content (AvgIpc) is 2.59. The van der Waals surface area contributed by atoms with E-state index >= 15 is 0 Å². The maximum absolute atomic E-state index is 13.6. The Kier molecular flexibility index (Phi) is 5.98. The number of nitriles is 1. The highest BCUT2D eigenvalue weighted by Crippen LogP contribution is 2.35. The van der Waals surface area contributed by atoms with E-state index in [4.69, 9.17) is 16.3 Å². The van der Waals surface area contributed by atoms with Crippen molar-refractivity contribution in [3.63, 3.8) is 0 Å². The molecule has 0 saturated carbocycles. The molecule has 128 valence electrons. The molecule has 5 nitrogen and oxygen atoms in total. The monoisotopic (exact) mass is 360 g/mol. The number of nitrogens with zero attached hydrogens (tertiary/aromatic N) is 1. The highest BCUT2D eigenvalue weighted by atomic mass is 35.5. The lowest BCUT2D eigenvalue weighted by atomic mass is 10.1. The third-order valence-electron chi connectivity index (χ3n) is 3.15. The maximum Gasteiger partial charge on any atom is 0.266 e. The Morgan fingerprint density at radius 3 is 2.80 bits per heavy atom. The van der Waals surface area contributed by atoms with Crippen LogP contribution < -0.4 is 10.1 Å². The van der Waals surface area contributed by atoms with Gasteiger partial charge in [-0.1, -0.05) is 23.7 Å². The minimum absolute atomic E-state index is 0.0176. The van der Waals surface area contributed by atoms with Crippen molar-refractivity contribution in [2.24, 2.45) is 0 Å². The van der Waals surface area contributed by atoms with Crippen LogP contribution in [0.4, 0.5) is 10.1 Å². The number of hydrogen-bond acceptors (Lipinski definition) is 4. The van der Waals surface area contributed by atoms with Gasteiger partial charge in [-0.2, -0.15) is 5.26 Å². The summed E-state index contributed by atoms with van der Waals surface area (Å²) in [6.45, 7) is 2.04. The van der Waals surface area contributed by atoms with Gasteiger partial charge in [0.05, 0.1) is 17.3 Å². The quantitative estimate of drug-likeness (QED) is 0.620. The van der Waals surface area contributed by atoms with Gasteiger partial charge in [-0.25, -0.2) is 4.39 Å². The minimum Gasteiger partial charge on any atom is -0.503 e. The van der Waals surface area contributed by atoms with E-state index in [1.807, 2.05) is 0 Å². The van der Waals surface area contributed by atoms with Crippen molar-refractivity contribution in [2.75, 3.05) is 11.9 Å². The Morgan fingerprint density at radius 2 is 2.16 bits per heavy atom. The molecule has 0 spiro atoms. The fraction of sp³-hybridized carbons (Fsp3) is 0.111. The van der Waals surface area contributed by atoms with E-state index in [-0.39, 0.29) is 27.8 Å². The smallest absolute Gasteiger partial charge is 0.266 e. The molecule has 0 bridgehead atoms. The Balaban J connectivity index is 2.32. The first-order valence-electron chi connectivity index (χ1n) is 7.29. The van der Waals surface area contributed by atoms with Crippen LogP contribution in [0, 0.1) is 17.1 Å². The van der Waals surface area contributed by atoms with Gasteiger partial charge in [0.15, 0.2) is 11.5 Å². The SMILES string of the molecule is CCOc1cc(/C=C(\C#N)C(=O)Nc2ccccc2F)cc(Cl)c1O. The van der Waals surface area contributed by atoms with E-state index in [2.05, 4.69) is 5.32 Å². The van der Waals surface area contributed by atoms with Gasteiger partial charge in [-0.15, -0.1) is 0 Å². The van der Waals surface area contributed by atoms with Gasteiger partial charge < -0.3 is 15.2 Å². The number of para-hydroxylation sites is 1. The number of amides is 1. The van der Waals surface area contributed by atoms with Crippen LogP contribution in [0.5, 0.6) is 11.5 Å². The number of aromatic hydroxyl groups is 1. The zero-order valence-electron chi connectivity index (χ0n) is 13.2. The number of carbonyl (C=O) groups excluding carboxylic acids is 1. The van der Waals surface area contributed by atoms with E-state index in [1.165, 1.54) is 36.4 Å². The molecule has 7 heteroatoms. The van der Waals surface area contributed by atoms with Crippen LogP contribution >= 0.6 is 11.6 Å². The number of nitrogens with one attached hydrogen (secondary N) is 1. The Morgan fingerprint density at radius 1 is 1.44 bits per heavy atom. The van der Waals surface area contributed by atoms with Crippen molar-refractivity contribution in [2.45, 2.75) is 6.92 Å². The second-order valence-corrected chi connectivity index (χ2v) is 5.29. The van der Waals surface area contributed by atoms with Gasteiger partial charge in [0.25, 0.3) is 5.91 Å². The number of halogens is 2. The van der Waals surface area contributed by atoms with Crippen molar-refractivity contribution >= 4 is 29.3 Å². The van der Waals surface area contributed by atoms with Crippen LogP contribution in [0.1, 0.15) is 12.5 Å². The normalized spacial score (nSPS) is 10.9. The third-order valence-corrected chi connectivity index (χ3v) is 3.44. The fourth-order valence-electron chi connectivity index (χ4n) is 2.01. The molecule has 0 aliphatic rings. The van der Waals surface area contributed by atoms with Gasteiger partial charge in [0, 0.05) is 0 Å². The molecule has 0 fully saturated rings. The van der Waals surface area contributed by atoms with Crippen LogP contribution in [0.25, 0.3) is 6.08 Å². The number of ether oxygens (including phenoxy) is 1. The molecule has 0 atom stereocenters. The van der Waals surface area contributed by atoms with Crippen LogP contribution in [0.15, 0.2) is 42.0 Å². The topological polar surface area (TPSA) is 82.3 Å². The van der Waals surface area contributed by atoms with E-state index in [0.29, 0.717) is 12.2 Å². The van der Waals surface area contributed by atoms with Gasteiger partial charge in [0.2, 0.25) is 0 Å². The summed E-state index contributed by atoms with van der Waals surface area (Å²) in [5.74, 6) is -1.47. The number of benzene rings is 2. The molecule has 0 heterocycles. The van der Waals surface area contributed by atoms with Crippen molar-refractivity contribution in [3.8, 4) is 17.6 Å². The van der Waals surface area contributed by atoms with Crippen LogP contribution in [-0.4, -0.2) is 17.6 Å². The summed E-state index contributed by atoms with van der Waals surface area (Å²) in [4.78, 5) is 12.2. The third kappa shape index (κ3) is 4.49. The van der Waals surface area contributed by atoms with Crippen LogP contribution in [0.3, 0.4) is 0 Å². The van der Waals surface area contributed by atoms with E-state index < -0.39 is 11.7 Å². The van der Waals surface area contributed by atoms with E-state index in [1.54, 1.807) is 19.1 Å². The summed E-state index contributed by atoms with van der Waals surface area (Å²) in [7, 11) is 0. The fourth-order valence-corrected chi connectivity index (χ4v) is 2.23. The summed E-state index contributed by atoms with van der Waals surface area (Å²) >= 11 is 5.92. The first-order valence-corrected chi connectivity index (χ1v) is 7.67. The molecular formula is C18H14ClFN2O3. The lowest BCUT2D eigenvalue weighted by molar-refractivity contribution is -0.112. The van der Waals surface area contributed by atoms with Crippen molar-refractivity contribution in [3.05, 3.63) is 58.4 Å². The number of carbonyl (C=O) groups is 1. The number of phenolic OH excluding ortho intramolecular Hbond substituents is 1. The van der Waals surface area contributed by atoms with Gasteiger partial charge in [-0.3, -0.25) is 4.79 Å². The predicted molar refractivity (Wildman–Crippen MR) is 92.9 cm³/mol. The summed E-state index contributed by atoms with van der Waals surface area (Å²) in [5.41, 5.74) is 0.0892. The van der Waals surface area contributed by atoms with Crippen LogP contribution in [0.2, 0.25) is 5.02 Å². The summed E-state index contributed by atoms with van der Waals surface area (Å²) < 4.78 is 18.8. The zero-order chi connectivity index (χ0) is 18.4. The van der Waals surface area contributed by atoms with E-state index in [0.717, 1.165) is 0 Å². The number of phenols is 1. The molecule has 0 aromatic heterocycles. The Hall–Kier alpha value is -3.04. The van der Waals surface area contributed by atoms with Crippen molar-refractivity contribution in [1.82, 2.24) is 0 Å². The summed E-state index contributed by atoms with van der Waals surface area (Å²) in [5, 5.41) is 21.4. The molecule has 2 aromatic carbocycles. The number of rotatable bonds is 5. The average molecular weight is 361 g/mol. The molecule has 0 saturated heterocycles. The van der Waals surface area contributed by atoms with Gasteiger partial charge in [-0.05, 0) is 42.8 Å². The molecule has 0 aliphatic carbocycles. The standard InChI is InChI=1S/C18H14ClFN2O3/c1-2-25-16-9-11(8-13(19)17(16)23)7-12(10-21)18(24)22-15-6-4-3-5-14(15)20/h3-9,23H,2H2,1H3,(H,22,24)/b12-7+. The Bertz CT molecular complexity index is 875. The number of anilines is 1. The molecule has 2 aromatic rings. The molecule has 1 amide bonds. The maximum atomic E-state index is 13.6. The molecule has 0 unspecified atom stereocenters. The van der Waals surface area contributed by atoms with Gasteiger partial charge >= 0.3 is 0 Å². The first kappa shape index (κ1) is 18.3. The van der Waals surface area contributed by atoms with Crippen LogP contribution in [-0.2, 0) is 4.79 Å². The summed E-state index contributed by atoms with van der Waals surface area (Å²) in [6.07, 6.45) is 1.27. The second kappa shape index (κ2) is 8.18. The zero-order valence-corrected chi connectivity index (χ0v) is 14.0. The Labute approximate surface area is 148 Å².